The molecule has 0 saturated carbocycles. The van der Waals surface area contributed by atoms with E-state index in [-0.39, 0.29) is 12.2 Å². The van der Waals surface area contributed by atoms with Gasteiger partial charge in [-0.05, 0) is 57.9 Å². The Balaban J connectivity index is 1.88. The highest BCUT2D eigenvalue weighted by Crippen LogP contribution is 2.28. The van der Waals surface area contributed by atoms with Crippen LogP contribution in [0.4, 0.5) is 4.79 Å². The minimum atomic E-state index is -0.980. The lowest BCUT2D eigenvalue weighted by atomic mass is 10.1. The van der Waals surface area contributed by atoms with Crippen molar-refractivity contribution in [1.29, 1.82) is 0 Å². The van der Waals surface area contributed by atoms with E-state index >= 15 is 0 Å². The summed E-state index contributed by atoms with van der Waals surface area (Å²) < 4.78 is 16.3. The van der Waals surface area contributed by atoms with Crippen molar-refractivity contribution in [2.45, 2.75) is 52.7 Å². The molecule has 0 aliphatic carbocycles. The minimum Gasteiger partial charge on any atom is -0.444 e. The molecule has 0 aliphatic rings. The lowest BCUT2D eigenvalue weighted by Gasteiger charge is -2.23. The van der Waals surface area contributed by atoms with Crippen molar-refractivity contribution in [2.24, 2.45) is 0 Å². The van der Waals surface area contributed by atoms with Gasteiger partial charge in [0.2, 0.25) is 0 Å². The number of ether oxygens (including phenoxy) is 2. The Labute approximate surface area is 186 Å². The number of alkyl carbamates (subject to hydrolysis) is 1. The van der Waals surface area contributed by atoms with Gasteiger partial charge in [-0.2, -0.15) is 0 Å². The number of amides is 1. The van der Waals surface area contributed by atoms with Crippen LogP contribution in [0.1, 0.15) is 37.5 Å². The maximum Gasteiger partial charge on any atom is 0.408 e. The fraction of sp³-hybridized carbons (Fsp3) is 0.320. The predicted octanol–water partition coefficient (Wildman–Crippen LogP) is 4.45. The molecule has 32 heavy (non-hydrogen) atoms. The number of hydrogen-bond donors (Lipinski definition) is 1. The zero-order valence-electron chi connectivity index (χ0n) is 18.9. The number of rotatable bonds is 5. The van der Waals surface area contributed by atoms with Gasteiger partial charge in [0.15, 0.2) is 0 Å². The van der Waals surface area contributed by atoms with Gasteiger partial charge in [0.25, 0.3) is 0 Å². The van der Waals surface area contributed by atoms with Crippen LogP contribution < -0.4 is 15.7 Å². The molecule has 168 valence electrons. The molecule has 2 aromatic carbocycles. The third-order valence-electron chi connectivity index (χ3n) is 4.79. The van der Waals surface area contributed by atoms with E-state index in [2.05, 4.69) is 5.32 Å². The molecule has 1 aromatic heterocycles. The Hall–Kier alpha value is -3.61. The number of benzene rings is 2. The topological polar surface area (TPSA) is 94.8 Å². The molecule has 1 N–H and O–H groups in total. The Bertz CT molecular complexity index is 1190. The molecule has 1 amide bonds. The summed E-state index contributed by atoms with van der Waals surface area (Å²) >= 11 is 0. The van der Waals surface area contributed by atoms with Gasteiger partial charge in [0.1, 0.15) is 23.0 Å². The molecule has 0 saturated heterocycles. The summed E-state index contributed by atoms with van der Waals surface area (Å²) in [7, 11) is 0. The lowest BCUT2D eigenvalue weighted by molar-refractivity contribution is -0.136. The van der Waals surface area contributed by atoms with Crippen LogP contribution in [-0.4, -0.2) is 23.7 Å². The summed E-state index contributed by atoms with van der Waals surface area (Å²) in [5.41, 5.74) is 1.31. The number of carbonyl (C=O) groups is 2. The molecule has 3 rings (SSSR count). The summed E-state index contributed by atoms with van der Waals surface area (Å²) in [4.78, 5) is 37.2. The largest absolute Gasteiger partial charge is 0.444 e. The van der Waals surface area contributed by atoms with Crippen LogP contribution in [0.15, 0.2) is 57.7 Å². The van der Waals surface area contributed by atoms with E-state index in [4.69, 9.17) is 13.9 Å². The van der Waals surface area contributed by atoms with E-state index in [1.807, 2.05) is 37.3 Å². The van der Waals surface area contributed by atoms with Crippen LogP contribution in [0.2, 0.25) is 0 Å². The van der Waals surface area contributed by atoms with Crippen molar-refractivity contribution < 1.29 is 23.5 Å². The molecular weight excluding hydrogens is 410 g/mol. The number of fused-ring (bicyclic) bond motifs is 1. The summed E-state index contributed by atoms with van der Waals surface area (Å²) in [6, 6.07) is 13.1. The molecule has 7 heteroatoms. The maximum absolute atomic E-state index is 13.1. The van der Waals surface area contributed by atoms with E-state index in [1.165, 1.54) is 6.07 Å². The lowest BCUT2D eigenvalue weighted by Crippen LogP contribution is -2.46. The van der Waals surface area contributed by atoms with Gasteiger partial charge >= 0.3 is 17.7 Å². The summed E-state index contributed by atoms with van der Waals surface area (Å²) in [6.45, 7) is 8.74. The molecule has 1 atom stereocenters. The average molecular weight is 437 g/mol. The third-order valence-corrected chi connectivity index (χ3v) is 4.79. The molecule has 1 unspecified atom stereocenters. The van der Waals surface area contributed by atoms with Crippen LogP contribution in [-0.2, 0) is 16.0 Å². The smallest absolute Gasteiger partial charge is 0.408 e. The average Bonchev–Trinajstić information content (AvgIpc) is 2.69. The fourth-order valence-electron chi connectivity index (χ4n) is 3.28. The quantitative estimate of drug-likeness (QED) is 0.360. The summed E-state index contributed by atoms with van der Waals surface area (Å²) in [6.07, 6.45) is -0.494. The number of carbonyl (C=O) groups excluding carboxylic acids is 2. The highest BCUT2D eigenvalue weighted by molar-refractivity contribution is 5.87. The summed E-state index contributed by atoms with van der Waals surface area (Å²) in [5.74, 6) is -0.405. The van der Waals surface area contributed by atoms with Crippen molar-refractivity contribution in [2.75, 3.05) is 0 Å². The maximum atomic E-state index is 13.1. The van der Waals surface area contributed by atoms with Crippen LogP contribution in [0, 0.1) is 13.8 Å². The fourth-order valence-corrected chi connectivity index (χ4v) is 3.28. The Morgan fingerprint density at radius 3 is 2.41 bits per heavy atom. The molecule has 0 aliphatic heterocycles. The van der Waals surface area contributed by atoms with E-state index < -0.39 is 29.3 Å². The van der Waals surface area contributed by atoms with Gasteiger partial charge < -0.3 is 19.2 Å². The summed E-state index contributed by atoms with van der Waals surface area (Å²) in [5, 5.41) is 3.37. The third kappa shape index (κ3) is 5.75. The zero-order chi connectivity index (χ0) is 23.5. The second kappa shape index (κ2) is 9.26. The molecule has 0 bridgehead atoms. The normalized spacial score (nSPS) is 12.3. The van der Waals surface area contributed by atoms with Gasteiger partial charge in [-0.25, -0.2) is 14.4 Å². The Morgan fingerprint density at radius 1 is 1.06 bits per heavy atom. The van der Waals surface area contributed by atoms with Crippen molar-refractivity contribution in [3.63, 3.8) is 0 Å². The SMILES string of the molecule is Cc1cc(=O)oc2c(C)c(OC(=O)C(Cc3ccccc3)NC(=O)OC(C)(C)C)ccc12. The number of esters is 1. The Morgan fingerprint density at radius 2 is 1.75 bits per heavy atom. The second-order valence-electron chi connectivity index (χ2n) is 8.62. The molecule has 0 fully saturated rings. The number of aryl methyl sites for hydroxylation is 2. The van der Waals surface area contributed by atoms with E-state index in [1.54, 1.807) is 39.8 Å². The van der Waals surface area contributed by atoms with Crippen molar-refractivity contribution >= 4 is 23.0 Å². The van der Waals surface area contributed by atoms with Crippen LogP contribution >= 0.6 is 0 Å². The predicted molar refractivity (Wildman–Crippen MR) is 121 cm³/mol. The first-order valence-electron chi connectivity index (χ1n) is 10.3. The first kappa shape index (κ1) is 23.1. The van der Waals surface area contributed by atoms with Crippen molar-refractivity contribution in [3.05, 3.63) is 75.6 Å². The first-order valence-corrected chi connectivity index (χ1v) is 10.3. The second-order valence-corrected chi connectivity index (χ2v) is 8.62. The zero-order valence-corrected chi connectivity index (χ0v) is 18.9. The van der Waals surface area contributed by atoms with Crippen LogP contribution in [0.5, 0.6) is 5.75 Å². The van der Waals surface area contributed by atoms with Crippen molar-refractivity contribution in [3.8, 4) is 5.75 Å². The molecular formula is C25H27NO6. The standard InChI is InChI=1S/C25H27NO6/c1-15-13-21(27)31-22-16(2)20(12-11-18(15)22)30-23(28)19(14-17-9-7-6-8-10-17)26-24(29)32-25(3,4)5/h6-13,19H,14H2,1-5H3,(H,26,29). The Kier molecular flexibility index (Phi) is 6.67. The van der Waals surface area contributed by atoms with Crippen LogP contribution in [0.3, 0.4) is 0 Å². The van der Waals surface area contributed by atoms with E-state index in [0.717, 1.165) is 16.5 Å². The van der Waals surface area contributed by atoms with Crippen LogP contribution in [0.25, 0.3) is 11.0 Å². The number of hydrogen-bond acceptors (Lipinski definition) is 6. The molecule has 7 nitrogen and oxygen atoms in total. The highest BCUT2D eigenvalue weighted by Gasteiger charge is 2.27. The van der Waals surface area contributed by atoms with Crippen molar-refractivity contribution in [1.82, 2.24) is 5.32 Å². The molecule has 1 heterocycles. The minimum absolute atomic E-state index is 0.222. The van der Waals surface area contributed by atoms with Gasteiger partial charge in [-0.15, -0.1) is 0 Å². The number of nitrogens with one attached hydrogen (secondary N) is 1. The van der Waals surface area contributed by atoms with Gasteiger partial charge in [-0.1, -0.05) is 30.3 Å². The van der Waals surface area contributed by atoms with Gasteiger partial charge in [0, 0.05) is 23.4 Å². The van der Waals surface area contributed by atoms with E-state index in [9.17, 15) is 14.4 Å². The van der Waals surface area contributed by atoms with Gasteiger partial charge in [0.05, 0.1) is 0 Å². The molecule has 3 aromatic rings. The monoisotopic (exact) mass is 437 g/mol. The van der Waals surface area contributed by atoms with E-state index in [0.29, 0.717) is 11.1 Å². The van der Waals surface area contributed by atoms with Gasteiger partial charge in [-0.3, -0.25) is 0 Å². The molecule has 0 spiro atoms. The molecule has 0 radical (unpaired) electrons. The first-order chi connectivity index (χ1) is 15.0. The highest BCUT2D eigenvalue weighted by atomic mass is 16.6.